The van der Waals surface area contributed by atoms with Crippen LogP contribution >= 0.6 is 0 Å². The topological polar surface area (TPSA) is 47.9 Å². The van der Waals surface area contributed by atoms with Crippen LogP contribution in [0.1, 0.15) is 22.3 Å². The van der Waals surface area contributed by atoms with Crippen molar-refractivity contribution in [3.05, 3.63) is 235 Å². The molecule has 2 aromatic heterocycles. The van der Waals surface area contributed by atoms with Gasteiger partial charge in [-0.15, -0.1) is 0 Å². The van der Waals surface area contributed by atoms with E-state index in [1.165, 1.54) is 22.3 Å². The summed E-state index contributed by atoms with van der Waals surface area (Å²) in [6, 6.07) is 72.9. The van der Waals surface area contributed by atoms with Crippen LogP contribution in [0.15, 0.2) is 212 Å². The van der Waals surface area contributed by atoms with E-state index in [-0.39, 0.29) is 0 Å². The molecule has 3 heterocycles. The highest BCUT2D eigenvalue weighted by Crippen LogP contribution is 2.64. The van der Waals surface area contributed by atoms with Crippen LogP contribution in [0.5, 0.6) is 11.5 Å². The standard InChI is InChI=1S/C56H35N3O/c1-3-15-38(16-4-1)50-35-51(59-55(58-50)40-17-5-2-6-18-40)45-25-13-29-49-54(45)60-53-42(37-32-30-36(31-33-37)41-23-11-19-39-20-14-34-57-52(39)41)24-12-28-48(53)56(49)46-26-9-7-21-43(46)44-22-8-10-27-47(44)56/h1-35H. The summed E-state index contributed by atoms with van der Waals surface area (Å²) < 4.78 is 7.46. The van der Waals surface area contributed by atoms with Crippen LogP contribution in [-0.4, -0.2) is 15.0 Å². The van der Waals surface area contributed by atoms with Gasteiger partial charge in [-0.1, -0.05) is 188 Å². The van der Waals surface area contributed by atoms with Gasteiger partial charge in [-0.25, -0.2) is 9.97 Å². The highest BCUT2D eigenvalue weighted by molar-refractivity contribution is 5.95. The molecule has 0 saturated heterocycles. The van der Waals surface area contributed by atoms with Gasteiger partial charge in [0.2, 0.25) is 0 Å². The second kappa shape index (κ2) is 13.6. The Morgan fingerprint density at radius 1 is 0.350 bits per heavy atom. The van der Waals surface area contributed by atoms with E-state index in [1.54, 1.807) is 0 Å². The van der Waals surface area contributed by atoms with Crippen molar-refractivity contribution in [1.29, 1.82) is 0 Å². The average molecular weight is 766 g/mol. The molecule has 8 aromatic carbocycles. The van der Waals surface area contributed by atoms with Gasteiger partial charge in [0.1, 0.15) is 11.5 Å². The zero-order valence-electron chi connectivity index (χ0n) is 32.5. The third-order valence-corrected chi connectivity index (χ3v) is 12.2. The van der Waals surface area contributed by atoms with Crippen molar-refractivity contribution >= 4 is 10.9 Å². The maximum absolute atomic E-state index is 7.46. The summed E-state index contributed by atoms with van der Waals surface area (Å²) in [6.45, 7) is 0. The minimum Gasteiger partial charge on any atom is -0.455 e. The Balaban J connectivity index is 1.11. The molecule has 4 heteroatoms. The first-order valence-electron chi connectivity index (χ1n) is 20.3. The van der Waals surface area contributed by atoms with Gasteiger partial charge in [0, 0.05) is 50.5 Å². The monoisotopic (exact) mass is 765 g/mol. The highest BCUT2D eigenvalue weighted by Gasteiger charge is 2.52. The summed E-state index contributed by atoms with van der Waals surface area (Å²) in [4.78, 5) is 15.2. The van der Waals surface area contributed by atoms with Gasteiger partial charge in [-0.05, 0) is 51.6 Å². The van der Waals surface area contributed by atoms with Gasteiger partial charge in [0.05, 0.1) is 22.3 Å². The summed E-state index contributed by atoms with van der Waals surface area (Å²) in [5.74, 6) is 2.29. The molecule has 0 saturated carbocycles. The van der Waals surface area contributed by atoms with Crippen LogP contribution in [0.25, 0.3) is 78.2 Å². The van der Waals surface area contributed by atoms with Gasteiger partial charge in [-0.3, -0.25) is 4.98 Å². The van der Waals surface area contributed by atoms with Crippen LogP contribution in [0, 0.1) is 0 Å². The molecule has 280 valence electrons. The van der Waals surface area contributed by atoms with Crippen molar-refractivity contribution in [2.45, 2.75) is 5.41 Å². The number of hydrogen-bond donors (Lipinski definition) is 0. The molecule has 1 aliphatic carbocycles. The van der Waals surface area contributed by atoms with Crippen LogP contribution in [0.4, 0.5) is 0 Å². The average Bonchev–Trinajstić information content (AvgIpc) is 3.62. The van der Waals surface area contributed by atoms with Crippen molar-refractivity contribution in [1.82, 2.24) is 15.0 Å². The second-order valence-corrected chi connectivity index (χ2v) is 15.5. The predicted octanol–water partition coefficient (Wildman–Crippen LogP) is 13.8. The largest absolute Gasteiger partial charge is 0.455 e. The Bertz CT molecular complexity index is 3180. The second-order valence-electron chi connectivity index (χ2n) is 15.5. The summed E-state index contributed by atoms with van der Waals surface area (Å²) in [6.07, 6.45) is 1.86. The SMILES string of the molecule is c1ccc(-c2cc(-c3cccc4c3Oc3c(-c5ccc(-c6cccc7cccnc67)cc5)cccc3C43c4ccccc4-c4ccccc43)nc(-c3ccccc3)n2)cc1. The van der Waals surface area contributed by atoms with Crippen LogP contribution in [-0.2, 0) is 5.41 Å². The molecule has 12 rings (SSSR count). The minimum absolute atomic E-state index is 0.658. The summed E-state index contributed by atoms with van der Waals surface area (Å²) in [7, 11) is 0. The first kappa shape index (κ1) is 34.1. The third-order valence-electron chi connectivity index (χ3n) is 12.2. The first-order valence-corrected chi connectivity index (χ1v) is 20.3. The van der Waals surface area contributed by atoms with E-state index >= 15 is 0 Å². The number of nitrogens with zero attached hydrogens (tertiary/aromatic N) is 3. The van der Waals surface area contributed by atoms with E-state index in [1.807, 2.05) is 36.5 Å². The van der Waals surface area contributed by atoms with Gasteiger partial charge in [0.25, 0.3) is 0 Å². The van der Waals surface area contributed by atoms with E-state index in [0.29, 0.717) is 5.82 Å². The number of benzene rings is 8. The third kappa shape index (κ3) is 5.14. The molecule has 0 N–H and O–H groups in total. The lowest BCUT2D eigenvalue weighted by Gasteiger charge is -2.40. The van der Waals surface area contributed by atoms with E-state index in [4.69, 9.17) is 19.7 Å². The van der Waals surface area contributed by atoms with Gasteiger partial charge < -0.3 is 4.74 Å². The highest BCUT2D eigenvalue weighted by atomic mass is 16.5. The molecule has 0 atom stereocenters. The normalized spacial score (nSPS) is 12.9. The lowest BCUT2D eigenvalue weighted by molar-refractivity contribution is 0.439. The molecule has 1 aliphatic heterocycles. The number of pyridine rings is 1. The maximum Gasteiger partial charge on any atom is 0.160 e. The molecule has 0 radical (unpaired) electrons. The molecule has 0 fully saturated rings. The Hall–Kier alpha value is -7.95. The number of hydrogen-bond acceptors (Lipinski definition) is 4. The van der Waals surface area contributed by atoms with Gasteiger partial charge >= 0.3 is 0 Å². The van der Waals surface area contributed by atoms with Crippen LogP contribution < -0.4 is 4.74 Å². The molecular formula is C56H35N3O. The zero-order valence-corrected chi connectivity index (χ0v) is 32.5. The lowest BCUT2D eigenvalue weighted by atomic mass is 9.65. The fourth-order valence-electron chi connectivity index (χ4n) is 9.60. The lowest BCUT2D eigenvalue weighted by Crippen LogP contribution is -2.32. The molecule has 2 aliphatic rings. The molecule has 4 nitrogen and oxygen atoms in total. The van der Waals surface area contributed by atoms with Crippen molar-refractivity contribution in [3.63, 3.8) is 0 Å². The molecule has 0 bridgehead atoms. The Labute approximate surface area is 348 Å². The van der Waals surface area contributed by atoms with Crippen molar-refractivity contribution < 1.29 is 4.74 Å². The predicted molar refractivity (Wildman–Crippen MR) is 242 cm³/mol. The summed E-state index contributed by atoms with van der Waals surface area (Å²) in [5.41, 5.74) is 16.3. The zero-order chi connectivity index (χ0) is 39.6. The first-order chi connectivity index (χ1) is 29.8. The van der Waals surface area contributed by atoms with Crippen molar-refractivity contribution in [2.24, 2.45) is 0 Å². The molecule has 1 spiro atoms. The Morgan fingerprint density at radius 2 is 0.850 bits per heavy atom. The smallest absolute Gasteiger partial charge is 0.160 e. The van der Waals surface area contributed by atoms with Crippen LogP contribution in [0.2, 0.25) is 0 Å². The fourth-order valence-corrected chi connectivity index (χ4v) is 9.60. The number of para-hydroxylation sites is 3. The van der Waals surface area contributed by atoms with Crippen LogP contribution in [0.3, 0.4) is 0 Å². The number of rotatable bonds is 5. The Kier molecular flexibility index (Phi) is 7.72. The summed E-state index contributed by atoms with van der Waals surface area (Å²) in [5, 5.41) is 1.12. The quantitative estimate of drug-likeness (QED) is 0.175. The molecule has 0 unspecified atom stereocenters. The molecule has 0 amide bonds. The van der Waals surface area contributed by atoms with Gasteiger partial charge in [0.15, 0.2) is 5.82 Å². The van der Waals surface area contributed by atoms with Crippen molar-refractivity contribution in [3.8, 4) is 78.8 Å². The molecular weight excluding hydrogens is 731 g/mol. The van der Waals surface area contributed by atoms with Gasteiger partial charge in [-0.2, -0.15) is 0 Å². The Morgan fingerprint density at radius 3 is 1.55 bits per heavy atom. The minimum atomic E-state index is -0.658. The number of fused-ring (bicyclic) bond motifs is 10. The summed E-state index contributed by atoms with van der Waals surface area (Å²) >= 11 is 0. The van der Waals surface area contributed by atoms with E-state index in [9.17, 15) is 0 Å². The van der Waals surface area contributed by atoms with Crippen molar-refractivity contribution in [2.75, 3.05) is 0 Å². The van der Waals surface area contributed by atoms with E-state index in [2.05, 4.69) is 176 Å². The number of ether oxygens (including phenoxy) is 1. The fraction of sp³-hybridized carbons (Fsp3) is 0.0179. The molecule has 10 aromatic rings. The maximum atomic E-state index is 7.46. The number of aromatic nitrogens is 3. The van der Waals surface area contributed by atoms with E-state index in [0.717, 1.165) is 83.9 Å². The van der Waals surface area contributed by atoms with E-state index < -0.39 is 5.41 Å². The molecule has 60 heavy (non-hydrogen) atoms.